The van der Waals surface area contributed by atoms with Crippen molar-refractivity contribution in [3.05, 3.63) is 30.1 Å². The lowest BCUT2D eigenvalue weighted by Crippen LogP contribution is -2.43. The lowest BCUT2D eigenvalue weighted by molar-refractivity contribution is -0.135. The summed E-state index contributed by atoms with van der Waals surface area (Å²) in [6, 6.07) is 5.54. The molecule has 1 aromatic rings. The van der Waals surface area contributed by atoms with E-state index in [0.717, 1.165) is 25.1 Å². The second kappa shape index (κ2) is 7.73. The third-order valence-corrected chi connectivity index (χ3v) is 3.42. The molecule has 1 aliphatic rings. The first kappa shape index (κ1) is 15.4. The third-order valence-electron chi connectivity index (χ3n) is 3.42. The van der Waals surface area contributed by atoms with Crippen LogP contribution in [0, 0.1) is 0 Å². The number of amides is 2. The van der Waals surface area contributed by atoms with E-state index in [1.807, 2.05) is 18.2 Å². The second-order valence-corrected chi connectivity index (χ2v) is 5.13. The molecule has 1 aromatic heterocycles. The topological polar surface area (TPSA) is 71.5 Å². The van der Waals surface area contributed by atoms with Crippen LogP contribution in [0.25, 0.3) is 0 Å². The molecule has 6 heteroatoms. The van der Waals surface area contributed by atoms with Crippen LogP contribution < -0.4 is 5.32 Å². The lowest BCUT2D eigenvalue weighted by Gasteiger charge is -2.23. The Labute approximate surface area is 124 Å². The molecule has 1 fully saturated rings. The summed E-state index contributed by atoms with van der Waals surface area (Å²) in [4.78, 5) is 29.2. The van der Waals surface area contributed by atoms with Crippen molar-refractivity contribution in [2.24, 2.45) is 0 Å². The number of carbonyl (C=O) groups is 2. The molecule has 0 aromatic carbocycles. The number of rotatable bonds is 6. The van der Waals surface area contributed by atoms with Crippen molar-refractivity contribution in [3.63, 3.8) is 0 Å². The molecule has 0 saturated carbocycles. The van der Waals surface area contributed by atoms with E-state index in [1.54, 1.807) is 6.20 Å². The maximum atomic E-state index is 11.9. The summed E-state index contributed by atoms with van der Waals surface area (Å²) in [6.07, 6.45) is 3.69. The molecule has 21 heavy (non-hydrogen) atoms. The molecule has 2 heterocycles. The van der Waals surface area contributed by atoms with Gasteiger partial charge in [0.05, 0.1) is 24.9 Å². The Kier molecular flexibility index (Phi) is 5.68. The van der Waals surface area contributed by atoms with Crippen molar-refractivity contribution < 1.29 is 14.3 Å². The fourth-order valence-electron chi connectivity index (χ4n) is 2.26. The first-order chi connectivity index (χ1) is 10.1. The number of hydrogen-bond acceptors (Lipinski definition) is 4. The van der Waals surface area contributed by atoms with E-state index in [-0.39, 0.29) is 24.5 Å². The predicted molar refractivity (Wildman–Crippen MR) is 77.3 cm³/mol. The van der Waals surface area contributed by atoms with E-state index in [0.29, 0.717) is 13.1 Å². The Balaban J connectivity index is 1.79. The SMILES string of the molecule is CC(=O)N(CC(=O)NCc1ccccn1)CC1CCCO1. The third kappa shape index (κ3) is 5.15. The Morgan fingerprint density at radius 3 is 2.95 bits per heavy atom. The Bertz CT molecular complexity index is 472. The van der Waals surface area contributed by atoms with Gasteiger partial charge in [0.1, 0.15) is 0 Å². The van der Waals surface area contributed by atoms with Crippen LogP contribution in [0.4, 0.5) is 0 Å². The highest BCUT2D eigenvalue weighted by Gasteiger charge is 2.22. The molecular formula is C15H21N3O3. The number of ether oxygens (including phenoxy) is 1. The molecule has 0 spiro atoms. The number of nitrogens with one attached hydrogen (secondary N) is 1. The van der Waals surface area contributed by atoms with Gasteiger partial charge in [0.25, 0.3) is 0 Å². The van der Waals surface area contributed by atoms with Gasteiger partial charge in [0.15, 0.2) is 0 Å². The van der Waals surface area contributed by atoms with Crippen molar-refractivity contribution in [1.82, 2.24) is 15.2 Å². The largest absolute Gasteiger partial charge is 0.376 e. The molecule has 1 saturated heterocycles. The molecule has 1 N–H and O–H groups in total. The number of pyridine rings is 1. The van der Waals surface area contributed by atoms with E-state index in [2.05, 4.69) is 10.3 Å². The van der Waals surface area contributed by atoms with Gasteiger partial charge in [-0.2, -0.15) is 0 Å². The zero-order valence-electron chi connectivity index (χ0n) is 12.2. The standard InChI is InChI=1S/C15H21N3O3/c1-12(19)18(10-14-6-4-8-21-14)11-15(20)17-9-13-5-2-3-7-16-13/h2-3,5,7,14H,4,6,8-11H2,1H3,(H,17,20). The number of hydrogen-bond donors (Lipinski definition) is 1. The summed E-state index contributed by atoms with van der Waals surface area (Å²) in [7, 11) is 0. The molecule has 2 rings (SSSR count). The van der Waals surface area contributed by atoms with Gasteiger partial charge in [0.2, 0.25) is 11.8 Å². The zero-order chi connectivity index (χ0) is 15.1. The zero-order valence-corrected chi connectivity index (χ0v) is 12.2. The van der Waals surface area contributed by atoms with Gasteiger partial charge in [-0.15, -0.1) is 0 Å². The minimum atomic E-state index is -0.186. The van der Waals surface area contributed by atoms with E-state index < -0.39 is 0 Å². The lowest BCUT2D eigenvalue weighted by atomic mass is 10.2. The highest BCUT2D eigenvalue weighted by molar-refractivity contribution is 5.83. The average Bonchev–Trinajstić information content (AvgIpc) is 2.98. The molecule has 1 unspecified atom stereocenters. The molecule has 0 bridgehead atoms. The van der Waals surface area contributed by atoms with Gasteiger partial charge in [-0.05, 0) is 25.0 Å². The summed E-state index contributed by atoms with van der Waals surface area (Å²) in [6.45, 7) is 3.11. The van der Waals surface area contributed by atoms with Crippen LogP contribution in [0.1, 0.15) is 25.5 Å². The number of carbonyl (C=O) groups excluding carboxylic acids is 2. The second-order valence-electron chi connectivity index (χ2n) is 5.13. The minimum Gasteiger partial charge on any atom is -0.376 e. The van der Waals surface area contributed by atoms with Crippen molar-refractivity contribution >= 4 is 11.8 Å². The molecule has 6 nitrogen and oxygen atoms in total. The van der Waals surface area contributed by atoms with Crippen molar-refractivity contribution in [2.45, 2.75) is 32.4 Å². The Morgan fingerprint density at radius 2 is 2.33 bits per heavy atom. The molecule has 0 aliphatic carbocycles. The van der Waals surface area contributed by atoms with Crippen molar-refractivity contribution in [1.29, 1.82) is 0 Å². The van der Waals surface area contributed by atoms with E-state index >= 15 is 0 Å². The van der Waals surface area contributed by atoms with Crippen LogP contribution in [-0.2, 0) is 20.9 Å². The Hall–Kier alpha value is -1.95. The van der Waals surface area contributed by atoms with Crippen LogP contribution in [0.3, 0.4) is 0 Å². The number of aromatic nitrogens is 1. The van der Waals surface area contributed by atoms with Crippen LogP contribution >= 0.6 is 0 Å². The van der Waals surface area contributed by atoms with Crippen LogP contribution in [-0.4, -0.2) is 47.5 Å². The highest BCUT2D eigenvalue weighted by Crippen LogP contribution is 2.13. The maximum Gasteiger partial charge on any atom is 0.239 e. The van der Waals surface area contributed by atoms with Gasteiger partial charge < -0.3 is 15.0 Å². The summed E-state index contributed by atoms with van der Waals surface area (Å²) in [5, 5.41) is 2.77. The van der Waals surface area contributed by atoms with Crippen LogP contribution in [0.15, 0.2) is 24.4 Å². The minimum absolute atomic E-state index is 0.0532. The van der Waals surface area contributed by atoms with Gasteiger partial charge in [0, 0.05) is 26.3 Å². The highest BCUT2D eigenvalue weighted by atomic mass is 16.5. The van der Waals surface area contributed by atoms with Crippen LogP contribution in [0.2, 0.25) is 0 Å². The first-order valence-corrected chi connectivity index (χ1v) is 7.19. The smallest absolute Gasteiger partial charge is 0.239 e. The maximum absolute atomic E-state index is 11.9. The van der Waals surface area contributed by atoms with E-state index in [9.17, 15) is 9.59 Å². The van der Waals surface area contributed by atoms with Gasteiger partial charge >= 0.3 is 0 Å². The molecule has 1 aliphatic heterocycles. The van der Waals surface area contributed by atoms with Crippen LogP contribution in [0.5, 0.6) is 0 Å². The van der Waals surface area contributed by atoms with E-state index in [4.69, 9.17) is 4.74 Å². The van der Waals surface area contributed by atoms with Gasteiger partial charge in [-0.1, -0.05) is 6.07 Å². The number of nitrogens with zero attached hydrogens (tertiary/aromatic N) is 2. The van der Waals surface area contributed by atoms with Crippen molar-refractivity contribution in [2.75, 3.05) is 19.7 Å². The van der Waals surface area contributed by atoms with Gasteiger partial charge in [-0.3, -0.25) is 14.6 Å². The molecule has 2 amide bonds. The normalized spacial score (nSPS) is 17.5. The molecular weight excluding hydrogens is 270 g/mol. The Morgan fingerprint density at radius 1 is 1.48 bits per heavy atom. The summed E-state index contributed by atoms with van der Waals surface area (Å²) in [5.41, 5.74) is 0.791. The van der Waals surface area contributed by atoms with E-state index in [1.165, 1.54) is 11.8 Å². The fourth-order valence-corrected chi connectivity index (χ4v) is 2.26. The summed E-state index contributed by atoms with van der Waals surface area (Å²) >= 11 is 0. The molecule has 114 valence electrons. The average molecular weight is 291 g/mol. The predicted octanol–water partition coefficient (Wildman–Crippen LogP) is 0.725. The molecule has 0 radical (unpaired) electrons. The summed E-state index contributed by atoms with van der Waals surface area (Å²) < 4.78 is 5.51. The quantitative estimate of drug-likeness (QED) is 0.838. The fraction of sp³-hybridized carbons (Fsp3) is 0.533. The van der Waals surface area contributed by atoms with Gasteiger partial charge in [-0.25, -0.2) is 0 Å². The first-order valence-electron chi connectivity index (χ1n) is 7.19. The summed E-state index contributed by atoms with van der Waals surface area (Å²) in [5.74, 6) is -0.299. The monoisotopic (exact) mass is 291 g/mol. The van der Waals surface area contributed by atoms with Crippen molar-refractivity contribution in [3.8, 4) is 0 Å². The molecule has 1 atom stereocenters.